The Labute approximate surface area is 182 Å². The number of carboxylic acid groups (broad SMARTS) is 1. The smallest absolute Gasteiger partial charge is 0.475 e. The van der Waals surface area contributed by atoms with Crippen molar-refractivity contribution in [2.45, 2.75) is 44.6 Å². The molecule has 1 fully saturated rings. The summed E-state index contributed by atoms with van der Waals surface area (Å²) in [6, 6.07) is 4.50. The van der Waals surface area contributed by atoms with Crippen molar-refractivity contribution in [3.8, 4) is 0 Å². The van der Waals surface area contributed by atoms with Gasteiger partial charge in [-0.15, -0.1) is 23.0 Å². The van der Waals surface area contributed by atoms with Gasteiger partial charge in [0.2, 0.25) is 0 Å². The van der Waals surface area contributed by atoms with Crippen molar-refractivity contribution in [3.05, 3.63) is 46.4 Å². The molecular formula is C20H25F3N4O3S. The normalized spacial score (nSPS) is 18.7. The number of ether oxygens (including phenoxy) is 1. The number of hydrogen-bond donors (Lipinski definition) is 1. The average Bonchev–Trinajstić information content (AvgIpc) is 3.20. The van der Waals surface area contributed by atoms with Crippen LogP contribution in [0.25, 0.3) is 0 Å². The maximum Gasteiger partial charge on any atom is 0.490 e. The van der Waals surface area contributed by atoms with E-state index in [2.05, 4.69) is 44.0 Å². The molecule has 1 unspecified atom stereocenters. The van der Waals surface area contributed by atoms with Crippen LogP contribution in [0.4, 0.5) is 13.2 Å². The van der Waals surface area contributed by atoms with Crippen molar-refractivity contribution in [2.75, 3.05) is 19.8 Å². The zero-order valence-electron chi connectivity index (χ0n) is 16.9. The fourth-order valence-electron chi connectivity index (χ4n) is 3.37. The molecule has 1 N–H and O–H groups in total. The van der Waals surface area contributed by atoms with Crippen LogP contribution < -0.4 is 0 Å². The molecular weight excluding hydrogens is 433 g/mol. The monoisotopic (exact) mass is 458 g/mol. The van der Waals surface area contributed by atoms with E-state index in [-0.39, 0.29) is 6.04 Å². The Morgan fingerprint density at radius 2 is 2.16 bits per heavy atom. The lowest BCUT2D eigenvalue weighted by Gasteiger charge is -2.34. The molecule has 2 aromatic heterocycles. The highest BCUT2D eigenvalue weighted by molar-refractivity contribution is 7.09. The molecule has 3 heterocycles. The predicted octanol–water partition coefficient (Wildman–Crippen LogP) is 3.68. The lowest BCUT2D eigenvalue weighted by Crippen LogP contribution is -2.38. The quantitative estimate of drug-likeness (QED) is 0.480. The summed E-state index contributed by atoms with van der Waals surface area (Å²) in [7, 11) is 0. The SMILES string of the molecule is C=CCOCC1c2nnn(CC3CC3)c2CCN1Cc1cccs1.O=C(O)C(F)(F)F. The molecule has 4 rings (SSSR count). The molecule has 1 aliphatic heterocycles. The molecule has 0 bridgehead atoms. The Morgan fingerprint density at radius 1 is 1.42 bits per heavy atom. The van der Waals surface area contributed by atoms with Gasteiger partial charge in [0.05, 0.1) is 24.9 Å². The summed E-state index contributed by atoms with van der Waals surface area (Å²) in [6.07, 6.45) is 0.422. The number of alkyl halides is 3. The molecule has 0 radical (unpaired) electrons. The molecule has 0 spiro atoms. The van der Waals surface area contributed by atoms with E-state index in [0.717, 1.165) is 37.7 Å². The summed E-state index contributed by atoms with van der Waals surface area (Å²) in [4.78, 5) is 12.8. The van der Waals surface area contributed by atoms with Crippen LogP contribution >= 0.6 is 11.3 Å². The highest BCUT2D eigenvalue weighted by Crippen LogP contribution is 2.34. The van der Waals surface area contributed by atoms with Crippen LogP contribution in [0.2, 0.25) is 0 Å². The van der Waals surface area contributed by atoms with Gasteiger partial charge in [0.1, 0.15) is 5.69 Å². The molecule has 0 amide bonds. The molecule has 31 heavy (non-hydrogen) atoms. The standard InChI is InChI=1S/C18H24N4OS.C2HF3O2/c1-2-9-23-13-17-18-16(22(20-19-18)11-14-5-6-14)7-8-21(17)12-15-4-3-10-24-15;3-2(4,5)1(6)7/h2-4,10,14,17H,1,5-9,11-13H2;(H,6,7). The number of carboxylic acids is 1. The van der Waals surface area contributed by atoms with Gasteiger partial charge < -0.3 is 9.84 Å². The molecule has 0 saturated heterocycles. The van der Waals surface area contributed by atoms with Crippen LogP contribution in [0.1, 0.15) is 35.1 Å². The van der Waals surface area contributed by atoms with Crippen LogP contribution in [-0.4, -0.2) is 56.9 Å². The fraction of sp³-hybridized carbons (Fsp3) is 0.550. The summed E-state index contributed by atoms with van der Waals surface area (Å²) in [5, 5.41) is 18.3. The third-order valence-electron chi connectivity index (χ3n) is 5.08. The third kappa shape index (κ3) is 6.62. The topological polar surface area (TPSA) is 80.5 Å². The zero-order chi connectivity index (χ0) is 22.4. The molecule has 0 aromatic carbocycles. The van der Waals surface area contributed by atoms with E-state index in [1.165, 1.54) is 23.4 Å². The van der Waals surface area contributed by atoms with Gasteiger partial charge in [-0.05, 0) is 30.2 Å². The van der Waals surface area contributed by atoms with Gasteiger partial charge in [-0.3, -0.25) is 4.90 Å². The van der Waals surface area contributed by atoms with Gasteiger partial charge in [0.15, 0.2) is 0 Å². The number of aromatic nitrogens is 3. The van der Waals surface area contributed by atoms with Crippen LogP contribution in [0.15, 0.2) is 30.2 Å². The molecule has 7 nitrogen and oxygen atoms in total. The van der Waals surface area contributed by atoms with E-state index >= 15 is 0 Å². The zero-order valence-corrected chi connectivity index (χ0v) is 17.7. The van der Waals surface area contributed by atoms with E-state index in [1.807, 2.05) is 11.3 Å². The summed E-state index contributed by atoms with van der Waals surface area (Å²) < 4.78 is 39.7. The van der Waals surface area contributed by atoms with Crippen molar-refractivity contribution >= 4 is 17.3 Å². The number of carbonyl (C=O) groups is 1. The molecule has 1 aliphatic carbocycles. The van der Waals surface area contributed by atoms with Gasteiger partial charge in [-0.2, -0.15) is 13.2 Å². The Morgan fingerprint density at radius 3 is 2.74 bits per heavy atom. The Hall–Kier alpha value is -2.24. The number of hydrogen-bond acceptors (Lipinski definition) is 6. The van der Waals surface area contributed by atoms with Crippen molar-refractivity contribution < 1.29 is 27.8 Å². The van der Waals surface area contributed by atoms with E-state index in [0.29, 0.717) is 13.2 Å². The van der Waals surface area contributed by atoms with E-state index < -0.39 is 12.1 Å². The third-order valence-corrected chi connectivity index (χ3v) is 5.94. The Bertz CT molecular complexity index is 866. The van der Waals surface area contributed by atoms with Gasteiger partial charge in [0.25, 0.3) is 0 Å². The minimum Gasteiger partial charge on any atom is -0.475 e. The second-order valence-corrected chi connectivity index (χ2v) is 8.52. The highest BCUT2D eigenvalue weighted by atomic mass is 32.1. The van der Waals surface area contributed by atoms with E-state index in [9.17, 15) is 13.2 Å². The molecule has 1 atom stereocenters. The van der Waals surface area contributed by atoms with Crippen LogP contribution in [0.3, 0.4) is 0 Å². The number of thiophene rings is 1. The first kappa shape index (κ1) is 23.4. The molecule has 11 heteroatoms. The lowest BCUT2D eigenvalue weighted by atomic mass is 10.0. The van der Waals surface area contributed by atoms with Gasteiger partial charge in [-0.25, -0.2) is 9.48 Å². The first-order valence-electron chi connectivity index (χ1n) is 9.97. The number of aliphatic carboxylic acids is 1. The lowest BCUT2D eigenvalue weighted by molar-refractivity contribution is -0.192. The minimum absolute atomic E-state index is 0.184. The van der Waals surface area contributed by atoms with Crippen molar-refractivity contribution in [1.29, 1.82) is 0 Å². The van der Waals surface area contributed by atoms with Crippen LogP contribution in [0, 0.1) is 5.92 Å². The largest absolute Gasteiger partial charge is 0.490 e. The average molecular weight is 459 g/mol. The maximum absolute atomic E-state index is 10.6. The number of rotatable bonds is 8. The number of nitrogens with zero attached hydrogens (tertiary/aromatic N) is 4. The van der Waals surface area contributed by atoms with E-state index in [1.54, 1.807) is 6.08 Å². The van der Waals surface area contributed by atoms with Gasteiger partial charge >= 0.3 is 12.1 Å². The Balaban J connectivity index is 0.000000339. The number of fused-ring (bicyclic) bond motifs is 1. The molecule has 2 aliphatic rings. The summed E-state index contributed by atoms with van der Waals surface area (Å²) in [6.45, 7) is 7.99. The first-order valence-corrected chi connectivity index (χ1v) is 10.8. The predicted molar refractivity (Wildman–Crippen MR) is 109 cm³/mol. The summed E-state index contributed by atoms with van der Waals surface area (Å²) in [5.74, 6) is -1.94. The second-order valence-electron chi connectivity index (χ2n) is 7.49. The van der Waals surface area contributed by atoms with Gasteiger partial charge in [0, 0.05) is 30.9 Å². The van der Waals surface area contributed by atoms with E-state index in [4.69, 9.17) is 14.6 Å². The molecule has 1 saturated carbocycles. The van der Waals surface area contributed by atoms with Crippen LogP contribution in [0.5, 0.6) is 0 Å². The van der Waals surface area contributed by atoms with Crippen LogP contribution in [-0.2, 0) is 29.0 Å². The first-order chi connectivity index (χ1) is 14.8. The minimum atomic E-state index is -5.08. The second kappa shape index (κ2) is 10.4. The van der Waals surface area contributed by atoms with Crippen molar-refractivity contribution in [1.82, 2.24) is 19.9 Å². The Kier molecular flexibility index (Phi) is 7.84. The van der Waals surface area contributed by atoms with Crippen molar-refractivity contribution in [3.63, 3.8) is 0 Å². The molecule has 2 aromatic rings. The molecule has 170 valence electrons. The summed E-state index contributed by atoms with van der Waals surface area (Å²) >= 11 is 1.81. The van der Waals surface area contributed by atoms with Crippen molar-refractivity contribution in [2.24, 2.45) is 5.92 Å². The summed E-state index contributed by atoms with van der Waals surface area (Å²) in [5.41, 5.74) is 2.43. The fourth-order valence-corrected chi connectivity index (χ4v) is 4.10. The number of halogens is 3. The highest BCUT2D eigenvalue weighted by Gasteiger charge is 2.38. The maximum atomic E-state index is 10.6. The van der Waals surface area contributed by atoms with Gasteiger partial charge in [-0.1, -0.05) is 17.4 Å².